The summed E-state index contributed by atoms with van der Waals surface area (Å²) >= 11 is 0. The number of nitrogens with one attached hydrogen (secondary N) is 1. The summed E-state index contributed by atoms with van der Waals surface area (Å²) in [5, 5.41) is 23.3. The van der Waals surface area contributed by atoms with Gasteiger partial charge in [-0.3, -0.25) is 9.59 Å². The number of unbranched alkanes of at least 4 members (excludes halogenated alkanes) is 52. The predicted octanol–water partition coefficient (Wildman–Crippen LogP) is 21.0. The van der Waals surface area contributed by atoms with Crippen molar-refractivity contribution >= 4 is 11.9 Å². The second-order valence-corrected chi connectivity index (χ2v) is 23.2. The lowest BCUT2D eigenvalue weighted by Crippen LogP contribution is -2.45. The summed E-state index contributed by atoms with van der Waals surface area (Å²) in [7, 11) is 0. The quantitative estimate of drug-likeness (QED) is 0.0417. The van der Waals surface area contributed by atoms with Crippen molar-refractivity contribution < 1.29 is 24.5 Å². The van der Waals surface area contributed by atoms with Crippen LogP contribution >= 0.6 is 0 Å². The highest BCUT2D eigenvalue weighted by Crippen LogP contribution is 2.19. The second-order valence-electron chi connectivity index (χ2n) is 23.2. The summed E-state index contributed by atoms with van der Waals surface area (Å²) in [5.41, 5.74) is 0. The van der Waals surface area contributed by atoms with E-state index in [0.29, 0.717) is 25.9 Å². The Bertz CT molecular complexity index is 1040. The van der Waals surface area contributed by atoms with Gasteiger partial charge < -0.3 is 20.3 Å². The molecule has 0 saturated carbocycles. The Morgan fingerprint density at radius 3 is 0.847 bits per heavy atom. The van der Waals surface area contributed by atoms with Crippen LogP contribution in [-0.4, -0.2) is 47.4 Å². The molecule has 6 nitrogen and oxygen atoms in total. The van der Waals surface area contributed by atoms with Crippen LogP contribution in [0.15, 0.2) is 0 Å². The van der Waals surface area contributed by atoms with E-state index >= 15 is 0 Å². The van der Waals surface area contributed by atoms with Crippen molar-refractivity contribution in [2.45, 2.75) is 398 Å². The fourth-order valence-corrected chi connectivity index (χ4v) is 10.8. The van der Waals surface area contributed by atoms with E-state index in [9.17, 15) is 19.8 Å². The number of hydrogen-bond acceptors (Lipinski definition) is 5. The minimum Gasteiger partial charge on any atom is -0.466 e. The topological polar surface area (TPSA) is 95.9 Å². The van der Waals surface area contributed by atoms with Gasteiger partial charge in [-0.2, -0.15) is 0 Å². The molecule has 0 radical (unpaired) electrons. The molecule has 0 bridgehead atoms. The van der Waals surface area contributed by atoms with Gasteiger partial charge in [0, 0.05) is 12.8 Å². The average molecular weight is 1020 g/mol. The lowest BCUT2D eigenvalue weighted by Gasteiger charge is -2.22. The molecule has 2 atom stereocenters. The van der Waals surface area contributed by atoms with Crippen LogP contribution in [0.2, 0.25) is 0 Å². The molecule has 0 aromatic carbocycles. The van der Waals surface area contributed by atoms with Crippen molar-refractivity contribution in [3.63, 3.8) is 0 Å². The van der Waals surface area contributed by atoms with Crippen LogP contribution in [0.5, 0.6) is 0 Å². The normalized spacial score (nSPS) is 12.4. The van der Waals surface area contributed by atoms with Crippen molar-refractivity contribution in [1.29, 1.82) is 0 Å². The number of aliphatic hydroxyl groups is 2. The number of ether oxygens (including phenoxy) is 1. The van der Waals surface area contributed by atoms with Crippen LogP contribution in [-0.2, 0) is 14.3 Å². The third-order valence-electron chi connectivity index (χ3n) is 15.9. The third-order valence-corrected chi connectivity index (χ3v) is 15.9. The number of carbonyl (C=O) groups is 2. The number of amides is 1. The van der Waals surface area contributed by atoms with Gasteiger partial charge in [0.25, 0.3) is 0 Å². The van der Waals surface area contributed by atoms with Gasteiger partial charge in [-0.05, 0) is 25.7 Å². The van der Waals surface area contributed by atoms with Crippen LogP contribution in [0.4, 0.5) is 0 Å². The highest BCUT2D eigenvalue weighted by molar-refractivity contribution is 5.76. The minimum atomic E-state index is -0.662. The zero-order valence-corrected chi connectivity index (χ0v) is 49.2. The van der Waals surface area contributed by atoms with E-state index in [2.05, 4.69) is 19.2 Å². The van der Waals surface area contributed by atoms with E-state index in [1.165, 1.54) is 315 Å². The molecule has 3 N–H and O–H groups in total. The zero-order valence-electron chi connectivity index (χ0n) is 49.2. The van der Waals surface area contributed by atoms with E-state index in [1.54, 1.807) is 0 Å². The number of carbonyl (C=O) groups excluding carboxylic acids is 2. The van der Waals surface area contributed by atoms with Crippen molar-refractivity contribution in [1.82, 2.24) is 5.32 Å². The fraction of sp³-hybridized carbons (Fsp3) is 0.970. The zero-order chi connectivity index (χ0) is 52.2. The number of rotatable bonds is 63. The fourth-order valence-electron chi connectivity index (χ4n) is 10.8. The molecule has 6 heteroatoms. The van der Waals surface area contributed by atoms with Crippen LogP contribution in [0.3, 0.4) is 0 Å². The number of aliphatic hydroxyl groups excluding tert-OH is 2. The predicted molar refractivity (Wildman–Crippen MR) is 315 cm³/mol. The van der Waals surface area contributed by atoms with Crippen molar-refractivity contribution in [3.05, 3.63) is 0 Å². The lowest BCUT2D eigenvalue weighted by atomic mass is 10.0. The Morgan fingerprint density at radius 1 is 0.333 bits per heavy atom. The molecule has 430 valence electrons. The highest BCUT2D eigenvalue weighted by Gasteiger charge is 2.20. The molecule has 0 aromatic rings. The molecule has 0 fully saturated rings. The minimum absolute atomic E-state index is 0.0201. The first kappa shape index (κ1) is 70.9. The van der Waals surface area contributed by atoms with Gasteiger partial charge in [0.05, 0.1) is 25.4 Å². The molecule has 72 heavy (non-hydrogen) atoms. The van der Waals surface area contributed by atoms with Crippen LogP contribution in [0, 0.1) is 0 Å². The smallest absolute Gasteiger partial charge is 0.305 e. The molecule has 0 aliphatic carbocycles. The average Bonchev–Trinajstić information content (AvgIpc) is 3.38. The molecule has 0 aromatic heterocycles. The summed E-state index contributed by atoms with van der Waals surface area (Å²) in [5.74, 6) is -0.0102. The number of hydrogen-bond donors (Lipinski definition) is 3. The van der Waals surface area contributed by atoms with Gasteiger partial charge in [-0.1, -0.05) is 348 Å². The highest BCUT2D eigenvalue weighted by atomic mass is 16.5. The Kier molecular flexibility index (Phi) is 61.4. The van der Waals surface area contributed by atoms with Gasteiger partial charge in [-0.15, -0.1) is 0 Å². The van der Waals surface area contributed by atoms with Gasteiger partial charge in [0.1, 0.15) is 0 Å². The largest absolute Gasteiger partial charge is 0.466 e. The summed E-state index contributed by atoms with van der Waals surface area (Å²) in [6.45, 7) is 4.99. The maximum absolute atomic E-state index is 12.5. The Hall–Kier alpha value is -1.14. The standard InChI is InChI=1S/C66H131NO5/c1-3-5-7-9-11-13-15-17-19-32-36-40-44-48-52-56-60-66(71)72-61-57-53-49-45-41-37-33-29-27-25-23-21-20-22-24-26-28-31-35-39-43-47-51-55-59-65(70)67-63(62-68)64(69)58-54-50-46-42-38-34-30-18-16-14-12-10-8-6-4-2/h63-64,68-69H,3-62H2,1-2H3,(H,67,70). The molecule has 0 heterocycles. The molecule has 0 aliphatic heterocycles. The maximum atomic E-state index is 12.5. The van der Waals surface area contributed by atoms with Crippen molar-refractivity contribution in [2.75, 3.05) is 13.2 Å². The van der Waals surface area contributed by atoms with Crippen molar-refractivity contribution in [3.8, 4) is 0 Å². The van der Waals surface area contributed by atoms with Gasteiger partial charge in [0.2, 0.25) is 5.91 Å². The third kappa shape index (κ3) is 58.1. The summed E-state index contributed by atoms with van der Waals surface area (Å²) < 4.78 is 5.50. The molecule has 0 spiro atoms. The van der Waals surface area contributed by atoms with E-state index in [0.717, 1.165) is 38.5 Å². The number of esters is 1. The first-order valence-electron chi connectivity index (χ1n) is 33.3. The molecule has 2 unspecified atom stereocenters. The molecular weight excluding hydrogens is 887 g/mol. The van der Waals surface area contributed by atoms with E-state index in [1.807, 2.05) is 0 Å². The molecular formula is C66H131NO5. The second kappa shape index (κ2) is 62.4. The Labute approximate surface area is 451 Å². The maximum Gasteiger partial charge on any atom is 0.305 e. The van der Waals surface area contributed by atoms with E-state index in [-0.39, 0.29) is 18.5 Å². The first-order chi connectivity index (χ1) is 35.5. The summed E-state index contributed by atoms with van der Waals surface area (Å²) in [6, 6.07) is -0.539. The van der Waals surface area contributed by atoms with E-state index < -0.39 is 12.1 Å². The summed E-state index contributed by atoms with van der Waals surface area (Å²) in [4.78, 5) is 24.6. The molecule has 0 aliphatic rings. The molecule has 0 saturated heterocycles. The van der Waals surface area contributed by atoms with Gasteiger partial charge in [-0.25, -0.2) is 0 Å². The Morgan fingerprint density at radius 2 is 0.569 bits per heavy atom. The van der Waals surface area contributed by atoms with Gasteiger partial charge >= 0.3 is 5.97 Å². The van der Waals surface area contributed by atoms with Gasteiger partial charge in [0.15, 0.2) is 0 Å². The monoisotopic (exact) mass is 1020 g/mol. The molecule has 1 amide bonds. The molecule has 0 rings (SSSR count). The van der Waals surface area contributed by atoms with Crippen LogP contribution in [0.25, 0.3) is 0 Å². The van der Waals surface area contributed by atoms with E-state index in [4.69, 9.17) is 4.74 Å². The van der Waals surface area contributed by atoms with Crippen LogP contribution in [0.1, 0.15) is 386 Å². The van der Waals surface area contributed by atoms with Crippen LogP contribution < -0.4 is 5.32 Å². The SMILES string of the molecule is CCCCCCCCCCCCCCCCCCC(=O)OCCCCCCCCCCCCCCCCCCCCCCCCCCC(=O)NC(CO)C(O)CCCCCCCCCCCCCCCCC. The Balaban J connectivity index is 3.33. The first-order valence-corrected chi connectivity index (χ1v) is 33.3. The van der Waals surface area contributed by atoms with Crippen molar-refractivity contribution in [2.24, 2.45) is 0 Å². The summed E-state index contributed by atoms with van der Waals surface area (Å²) in [6.07, 6.45) is 74.2. The lowest BCUT2D eigenvalue weighted by molar-refractivity contribution is -0.143.